The molecule has 0 spiro atoms. The van der Waals surface area contributed by atoms with Crippen LogP contribution in [0.4, 0.5) is 0 Å². The number of hydrogen-bond donors (Lipinski definition) is 2. The summed E-state index contributed by atoms with van der Waals surface area (Å²) >= 11 is 0. The van der Waals surface area contributed by atoms with E-state index >= 15 is 0 Å². The molecule has 0 fully saturated rings. The minimum absolute atomic E-state index is 0.0767. The summed E-state index contributed by atoms with van der Waals surface area (Å²) in [6, 6.07) is 14.7. The first-order valence-corrected chi connectivity index (χ1v) is 12.7. The second kappa shape index (κ2) is 10.2. The average Bonchev–Trinajstić information content (AvgIpc) is 2.61. The van der Waals surface area contributed by atoms with E-state index in [2.05, 4.69) is 4.72 Å². The van der Waals surface area contributed by atoms with Crippen LogP contribution in [0.5, 0.6) is 0 Å². The Morgan fingerprint density at radius 1 is 1.14 bits per heavy atom. The number of aliphatic carboxylic acids is 1. The van der Waals surface area contributed by atoms with Gasteiger partial charge in [0.15, 0.2) is 0 Å². The molecule has 2 rings (SSSR count). The summed E-state index contributed by atoms with van der Waals surface area (Å²) in [4.78, 5) is 11.3. The molecule has 9 heteroatoms. The molecule has 0 saturated carbocycles. The summed E-state index contributed by atoms with van der Waals surface area (Å²) < 4.78 is 46.6. The van der Waals surface area contributed by atoms with Crippen molar-refractivity contribution >= 4 is 23.4 Å². The molecule has 2 N–H and O–H groups in total. The molecular weight excluding hydrogens is 413 g/mol. The molecule has 0 aliphatic heterocycles. The summed E-state index contributed by atoms with van der Waals surface area (Å²) in [5.74, 6) is -1.25. The summed E-state index contributed by atoms with van der Waals surface area (Å²) in [6.07, 6.45) is -0.617. The third-order valence-electron chi connectivity index (χ3n) is 4.22. The van der Waals surface area contributed by atoms with E-state index in [1.54, 1.807) is 19.1 Å². The number of carboxylic acids is 1. The summed E-state index contributed by atoms with van der Waals surface area (Å²) in [5.41, 5.74) is 1.76. The maximum Gasteiger partial charge on any atom is 0.313 e. The van der Waals surface area contributed by atoms with Gasteiger partial charge < -0.3 is 9.63 Å². The average molecular weight is 439 g/mol. The van der Waals surface area contributed by atoms with Gasteiger partial charge in [0.05, 0.1) is 11.5 Å². The molecule has 158 valence electrons. The van der Waals surface area contributed by atoms with Crippen LogP contribution in [0.3, 0.4) is 0 Å². The highest BCUT2D eigenvalue weighted by Gasteiger charge is 2.32. The molecule has 7 nitrogen and oxygen atoms in total. The van der Waals surface area contributed by atoms with Crippen molar-refractivity contribution in [2.45, 2.75) is 31.2 Å². The van der Waals surface area contributed by atoms with Gasteiger partial charge in [-0.05, 0) is 38.0 Å². The van der Waals surface area contributed by atoms with Crippen LogP contribution in [0.1, 0.15) is 18.1 Å². The second-order valence-electron chi connectivity index (χ2n) is 6.79. The van der Waals surface area contributed by atoms with E-state index < -0.39 is 35.6 Å². The van der Waals surface area contributed by atoms with Gasteiger partial charge in [0.25, 0.3) is 0 Å². The molecule has 0 bridgehead atoms. The van der Waals surface area contributed by atoms with Gasteiger partial charge in [-0.25, -0.2) is 13.1 Å². The Balaban J connectivity index is 2.32. The molecule has 0 amide bonds. The van der Waals surface area contributed by atoms with Crippen molar-refractivity contribution in [3.63, 3.8) is 0 Å². The lowest BCUT2D eigenvalue weighted by Gasteiger charge is -2.24. The van der Waals surface area contributed by atoms with E-state index in [0.717, 1.165) is 11.1 Å². The number of benzene rings is 2. The van der Waals surface area contributed by atoms with Gasteiger partial charge in [-0.1, -0.05) is 48.0 Å². The molecule has 2 aromatic carbocycles. The number of carboxylic acid groups (broad SMARTS) is 1. The van der Waals surface area contributed by atoms with E-state index in [1.807, 2.05) is 37.3 Å². The van der Waals surface area contributed by atoms with Crippen LogP contribution in [0.2, 0.25) is 0 Å². The monoisotopic (exact) mass is 439 g/mol. The number of hydrogen-bond acceptors (Lipinski definition) is 5. The summed E-state index contributed by atoms with van der Waals surface area (Å²) in [7, 11) is -7.47. The molecule has 2 aromatic rings. The first-order valence-electron chi connectivity index (χ1n) is 9.21. The van der Waals surface area contributed by atoms with Gasteiger partial charge in [0, 0.05) is 12.2 Å². The Labute approximate surface area is 171 Å². The maximum atomic E-state index is 13.1. The maximum absolute atomic E-state index is 13.1. The number of aryl methyl sites for hydroxylation is 1. The van der Waals surface area contributed by atoms with E-state index in [0.29, 0.717) is 0 Å². The number of sulfonamides is 1. The van der Waals surface area contributed by atoms with Crippen LogP contribution >= 0.6 is 7.37 Å². The molecule has 29 heavy (non-hydrogen) atoms. The number of nitrogens with one attached hydrogen (secondary N) is 1. The van der Waals surface area contributed by atoms with Crippen molar-refractivity contribution in [1.82, 2.24) is 4.72 Å². The van der Waals surface area contributed by atoms with Gasteiger partial charge in [-0.2, -0.15) is 0 Å². The molecule has 0 saturated heterocycles. The van der Waals surface area contributed by atoms with Gasteiger partial charge in [-0.15, -0.1) is 0 Å². The van der Waals surface area contributed by atoms with E-state index in [1.165, 1.54) is 12.1 Å². The van der Waals surface area contributed by atoms with Gasteiger partial charge in [0.1, 0.15) is 6.16 Å². The third kappa shape index (κ3) is 7.40. The van der Waals surface area contributed by atoms with Crippen molar-refractivity contribution < 1.29 is 27.4 Å². The highest BCUT2D eigenvalue weighted by Crippen LogP contribution is 2.47. The molecule has 0 heterocycles. The SMILES string of the molecule is CCOP(=O)(CC(=O)O)C[C@H](Cc1ccccc1)NS(=O)(=O)c1ccc(C)cc1. The molecule has 1 unspecified atom stereocenters. The lowest BCUT2D eigenvalue weighted by atomic mass is 10.1. The van der Waals surface area contributed by atoms with Crippen molar-refractivity contribution in [2.24, 2.45) is 0 Å². The Kier molecular flexibility index (Phi) is 8.16. The minimum Gasteiger partial charge on any atom is -0.481 e. The second-order valence-corrected chi connectivity index (χ2v) is 11.1. The zero-order valence-corrected chi connectivity index (χ0v) is 18.2. The van der Waals surface area contributed by atoms with Crippen molar-refractivity contribution in [3.8, 4) is 0 Å². The minimum atomic E-state index is -3.89. The van der Waals surface area contributed by atoms with E-state index in [9.17, 15) is 17.8 Å². The van der Waals surface area contributed by atoms with Crippen LogP contribution in [0, 0.1) is 6.92 Å². The fraction of sp³-hybridized carbons (Fsp3) is 0.350. The molecule has 2 atom stereocenters. The normalized spacial score (nSPS) is 14.8. The predicted octanol–water partition coefficient (Wildman–Crippen LogP) is 3.28. The Bertz CT molecular complexity index is 960. The van der Waals surface area contributed by atoms with Crippen molar-refractivity contribution in [3.05, 3.63) is 65.7 Å². The fourth-order valence-electron chi connectivity index (χ4n) is 2.99. The smallest absolute Gasteiger partial charge is 0.313 e. The van der Waals surface area contributed by atoms with Gasteiger partial charge in [0.2, 0.25) is 17.4 Å². The highest BCUT2D eigenvalue weighted by molar-refractivity contribution is 7.89. The summed E-state index contributed by atoms with van der Waals surface area (Å²) in [5, 5.41) is 9.12. The third-order valence-corrected chi connectivity index (χ3v) is 8.23. The largest absolute Gasteiger partial charge is 0.481 e. The van der Waals surface area contributed by atoms with Crippen LogP contribution in [0.25, 0.3) is 0 Å². The number of carbonyl (C=O) groups is 1. The zero-order valence-electron chi connectivity index (χ0n) is 16.4. The standard InChI is InChI=1S/C20H26NO6PS/c1-3-27-28(24,15-20(22)23)14-18(13-17-7-5-4-6-8-17)21-29(25,26)19-11-9-16(2)10-12-19/h4-12,18,21H,3,13-15H2,1-2H3,(H,22,23)/t18-,28?/m0/s1. The number of rotatable bonds is 11. The molecule has 0 aromatic heterocycles. The van der Waals surface area contributed by atoms with Crippen LogP contribution < -0.4 is 4.72 Å². The Morgan fingerprint density at radius 2 is 1.76 bits per heavy atom. The van der Waals surface area contributed by atoms with Gasteiger partial charge in [-0.3, -0.25) is 9.36 Å². The zero-order chi connectivity index (χ0) is 21.5. The lowest BCUT2D eigenvalue weighted by molar-refractivity contribution is -0.134. The first-order chi connectivity index (χ1) is 13.6. The van der Waals surface area contributed by atoms with Crippen molar-refractivity contribution in [1.29, 1.82) is 0 Å². The Hall–Kier alpha value is -1.99. The Morgan fingerprint density at radius 3 is 2.31 bits per heavy atom. The highest BCUT2D eigenvalue weighted by atomic mass is 32.2. The van der Waals surface area contributed by atoms with E-state index in [-0.39, 0.29) is 24.1 Å². The molecule has 0 aliphatic rings. The van der Waals surface area contributed by atoms with Crippen molar-refractivity contribution in [2.75, 3.05) is 18.9 Å². The van der Waals surface area contributed by atoms with Crippen LogP contribution in [-0.2, 0) is 30.3 Å². The quantitative estimate of drug-likeness (QED) is 0.520. The van der Waals surface area contributed by atoms with Crippen LogP contribution in [-0.4, -0.2) is 44.5 Å². The van der Waals surface area contributed by atoms with E-state index in [4.69, 9.17) is 9.63 Å². The fourth-order valence-corrected chi connectivity index (χ4v) is 6.45. The van der Waals surface area contributed by atoms with Gasteiger partial charge >= 0.3 is 5.97 Å². The first kappa shape index (κ1) is 23.3. The molecule has 0 radical (unpaired) electrons. The predicted molar refractivity (Wildman–Crippen MR) is 112 cm³/mol. The van der Waals surface area contributed by atoms with Crippen LogP contribution in [0.15, 0.2) is 59.5 Å². The summed E-state index contributed by atoms with van der Waals surface area (Å²) in [6.45, 7) is 3.55. The lowest BCUT2D eigenvalue weighted by Crippen LogP contribution is -2.39. The topological polar surface area (TPSA) is 110 Å². The molecular formula is C20H26NO6PS. The molecule has 0 aliphatic carbocycles.